The lowest BCUT2D eigenvalue weighted by molar-refractivity contribution is -0.126. The number of amides is 1. The molecule has 1 fully saturated rings. The van der Waals surface area contributed by atoms with E-state index in [0.29, 0.717) is 0 Å². The van der Waals surface area contributed by atoms with Crippen molar-refractivity contribution in [3.05, 3.63) is 35.9 Å². The van der Waals surface area contributed by atoms with Crippen LogP contribution in [0.1, 0.15) is 5.56 Å². The molecular formula is C14H18N2O2. The van der Waals surface area contributed by atoms with E-state index in [9.17, 15) is 4.79 Å². The summed E-state index contributed by atoms with van der Waals surface area (Å²) < 4.78 is 5.08. The minimum atomic E-state index is 0.0762. The zero-order valence-corrected chi connectivity index (χ0v) is 10.6. The van der Waals surface area contributed by atoms with Gasteiger partial charge in [0.25, 0.3) is 0 Å². The summed E-state index contributed by atoms with van der Waals surface area (Å²) in [7, 11) is 1.64. The van der Waals surface area contributed by atoms with Crippen LogP contribution in [0.5, 0.6) is 5.75 Å². The summed E-state index contributed by atoms with van der Waals surface area (Å²) in [5, 5.41) is 3.22. The minimum Gasteiger partial charge on any atom is -0.497 e. The molecule has 96 valence electrons. The number of nitrogens with one attached hydrogen (secondary N) is 1. The third kappa shape index (κ3) is 3.34. The molecule has 0 atom stereocenters. The van der Waals surface area contributed by atoms with Gasteiger partial charge in [-0.3, -0.25) is 4.79 Å². The number of hydrogen-bond acceptors (Lipinski definition) is 3. The second kappa shape index (κ2) is 6.21. The van der Waals surface area contributed by atoms with Crippen molar-refractivity contribution in [1.82, 2.24) is 10.2 Å². The van der Waals surface area contributed by atoms with E-state index in [1.165, 1.54) is 0 Å². The minimum absolute atomic E-state index is 0.0762. The average molecular weight is 246 g/mol. The van der Waals surface area contributed by atoms with Crippen LogP contribution in [0, 0.1) is 0 Å². The Balaban J connectivity index is 1.94. The molecule has 0 radical (unpaired) electrons. The van der Waals surface area contributed by atoms with E-state index in [1.807, 2.05) is 35.2 Å². The quantitative estimate of drug-likeness (QED) is 0.813. The Kier molecular flexibility index (Phi) is 4.36. The number of rotatable bonds is 3. The number of methoxy groups -OCH3 is 1. The van der Waals surface area contributed by atoms with E-state index >= 15 is 0 Å². The van der Waals surface area contributed by atoms with Crippen molar-refractivity contribution < 1.29 is 9.53 Å². The highest BCUT2D eigenvalue weighted by Gasteiger charge is 2.12. The van der Waals surface area contributed by atoms with Gasteiger partial charge in [-0.25, -0.2) is 0 Å². The molecule has 1 aromatic carbocycles. The first-order valence-corrected chi connectivity index (χ1v) is 6.11. The Morgan fingerprint density at radius 1 is 1.28 bits per heavy atom. The summed E-state index contributed by atoms with van der Waals surface area (Å²) in [6.07, 6.45) is 3.47. The first-order valence-electron chi connectivity index (χ1n) is 6.11. The maximum Gasteiger partial charge on any atom is 0.246 e. The summed E-state index contributed by atoms with van der Waals surface area (Å²) in [6, 6.07) is 7.63. The van der Waals surface area contributed by atoms with E-state index in [0.717, 1.165) is 37.5 Å². The van der Waals surface area contributed by atoms with Crippen LogP contribution in [0.4, 0.5) is 0 Å². The van der Waals surface area contributed by atoms with E-state index < -0.39 is 0 Å². The fourth-order valence-corrected chi connectivity index (χ4v) is 1.87. The third-order valence-electron chi connectivity index (χ3n) is 2.96. The van der Waals surface area contributed by atoms with Crippen molar-refractivity contribution in [3.8, 4) is 5.75 Å². The Morgan fingerprint density at radius 3 is 2.56 bits per heavy atom. The monoisotopic (exact) mass is 246 g/mol. The van der Waals surface area contributed by atoms with Crippen molar-refractivity contribution in [2.75, 3.05) is 33.3 Å². The number of nitrogens with zero attached hydrogens (tertiary/aromatic N) is 1. The molecule has 1 heterocycles. The molecule has 18 heavy (non-hydrogen) atoms. The number of hydrogen-bond donors (Lipinski definition) is 1. The van der Waals surface area contributed by atoms with Crippen LogP contribution in [0.25, 0.3) is 6.08 Å². The van der Waals surface area contributed by atoms with Gasteiger partial charge in [0.1, 0.15) is 5.75 Å². The molecule has 0 aromatic heterocycles. The Hall–Kier alpha value is -1.81. The van der Waals surface area contributed by atoms with Gasteiger partial charge in [0.2, 0.25) is 5.91 Å². The highest BCUT2D eigenvalue weighted by molar-refractivity contribution is 5.91. The summed E-state index contributed by atoms with van der Waals surface area (Å²) in [5.74, 6) is 0.896. The van der Waals surface area contributed by atoms with E-state index in [2.05, 4.69) is 5.32 Å². The summed E-state index contributed by atoms with van der Waals surface area (Å²) in [5.41, 5.74) is 0.999. The lowest BCUT2D eigenvalue weighted by Crippen LogP contribution is -2.45. The molecule has 4 heteroatoms. The van der Waals surface area contributed by atoms with Gasteiger partial charge in [-0.2, -0.15) is 0 Å². The predicted octanol–water partition coefficient (Wildman–Crippen LogP) is 1.14. The second-order valence-electron chi connectivity index (χ2n) is 4.18. The summed E-state index contributed by atoms with van der Waals surface area (Å²) >= 11 is 0. The number of carbonyl (C=O) groups excluding carboxylic acids is 1. The first kappa shape index (κ1) is 12.6. The number of carbonyl (C=O) groups is 1. The molecule has 1 N–H and O–H groups in total. The molecule has 0 bridgehead atoms. The molecule has 4 nitrogen and oxygen atoms in total. The molecule has 1 saturated heterocycles. The standard InChI is InChI=1S/C14H18N2O2/c1-18-13-5-2-12(3-6-13)4-7-14(17)16-10-8-15-9-11-16/h2-7,15H,8-11H2,1H3. The van der Waals surface area contributed by atoms with Crippen molar-refractivity contribution >= 4 is 12.0 Å². The molecule has 0 spiro atoms. The van der Waals surface area contributed by atoms with Crippen LogP contribution < -0.4 is 10.1 Å². The smallest absolute Gasteiger partial charge is 0.246 e. The zero-order valence-electron chi connectivity index (χ0n) is 10.6. The highest BCUT2D eigenvalue weighted by Crippen LogP contribution is 2.12. The largest absolute Gasteiger partial charge is 0.497 e. The maximum atomic E-state index is 11.9. The molecule has 0 unspecified atom stereocenters. The lowest BCUT2D eigenvalue weighted by atomic mass is 10.2. The molecular weight excluding hydrogens is 228 g/mol. The van der Waals surface area contributed by atoms with Crippen LogP contribution >= 0.6 is 0 Å². The van der Waals surface area contributed by atoms with Crippen LogP contribution in [0.2, 0.25) is 0 Å². The van der Waals surface area contributed by atoms with Gasteiger partial charge in [-0.1, -0.05) is 12.1 Å². The molecule has 1 aliphatic heterocycles. The van der Waals surface area contributed by atoms with Crippen LogP contribution in [-0.4, -0.2) is 44.1 Å². The molecule has 1 aliphatic rings. The SMILES string of the molecule is COc1ccc(C=CC(=O)N2CCNCC2)cc1. The fourth-order valence-electron chi connectivity index (χ4n) is 1.87. The predicted molar refractivity (Wildman–Crippen MR) is 71.5 cm³/mol. The average Bonchev–Trinajstić information content (AvgIpc) is 2.46. The lowest BCUT2D eigenvalue weighted by Gasteiger charge is -2.26. The van der Waals surface area contributed by atoms with Gasteiger partial charge in [-0.15, -0.1) is 0 Å². The highest BCUT2D eigenvalue weighted by atomic mass is 16.5. The Morgan fingerprint density at radius 2 is 1.94 bits per heavy atom. The molecule has 1 aromatic rings. The van der Waals surface area contributed by atoms with Gasteiger partial charge < -0.3 is 15.0 Å². The maximum absolute atomic E-state index is 11.9. The number of piperazine rings is 1. The van der Waals surface area contributed by atoms with Crippen molar-refractivity contribution in [3.63, 3.8) is 0 Å². The fraction of sp³-hybridized carbons (Fsp3) is 0.357. The van der Waals surface area contributed by atoms with Gasteiger partial charge in [0.05, 0.1) is 7.11 Å². The molecule has 2 rings (SSSR count). The molecule has 0 aliphatic carbocycles. The van der Waals surface area contributed by atoms with Crippen LogP contribution in [0.15, 0.2) is 30.3 Å². The van der Waals surface area contributed by atoms with Crippen molar-refractivity contribution in [1.29, 1.82) is 0 Å². The normalized spacial score (nSPS) is 15.9. The van der Waals surface area contributed by atoms with Crippen molar-refractivity contribution in [2.45, 2.75) is 0 Å². The summed E-state index contributed by atoms with van der Waals surface area (Å²) in [6.45, 7) is 3.32. The van der Waals surface area contributed by atoms with Crippen LogP contribution in [0.3, 0.4) is 0 Å². The molecule has 1 amide bonds. The van der Waals surface area contributed by atoms with Gasteiger partial charge in [-0.05, 0) is 23.8 Å². The van der Waals surface area contributed by atoms with Crippen molar-refractivity contribution in [2.24, 2.45) is 0 Å². The topological polar surface area (TPSA) is 41.6 Å². The zero-order chi connectivity index (χ0) is 12.8. The van der Waals surface area contributed by atoms with E-state index in [1.54, 1.807) is 13.2 Å². The summed E-state index contributed by atoms with van der Waals surface area (Å²) in [4.78, 5) is 13.7. The second-order valence-corrected chi connectivity index (χ2v) is 4.18. The number of benzene rings is 1. The van der Waals surface area contributed by atoms with Crippen LogP contribution in [-0.2, 0) is 4.79 Å². The molecule has 0 saturated carbocycles. The van der Waals surface area contributed by atoms with Gasteiger partial charge in [0, 0.05) is 32.3 Å². The van der Waals surface area contributed by atoms with E-state index in [-0.39, 0.29) is 5.91 Å². The third-order valence-corrected chi connectivity index (χ3v) is 2.96. The van der Waals surface area contributed by atoms with Gasteiger partial charge in [0.15, 0.2) is 0 Å². The number of ether oxygens (including phenoxy) is 1. The first-order chi connectivity index (χ1) is 8.79. The Labute approximate surface area is 107 Å². The van der Waals surface area contributed by atoms with Gasteiger partial charge >= 0.3 is 0 Å². The Bertz CT molecular complexity index is 420. The van der Waals surface area contributed by atoms with E-state index in [4.69, 9.17) is 4.74 Å².